The summed E-state index contributed by atoms with van der Waals surface area (Å²) in [4.78, 5) is 12.1. The van der Waals surface area contributed by atoms with Crippen molar-refractivity contribution in [3.8, 4) is 0 Å². The molecule has 20 heavy (non-hydrogen) atoms. The first-order valence-corrected chi connectivity index (χ1v) is 7.44. The van der Waals surface area contributed by atoms with E-state index in [1.165, 1.54) is 25.0 Å². The van der Waals surface area contributed by atoms with Gasteiger partial charge < -0.3 is 11.1 Å². The fourth-order valence-corrected chi connectivity index (χ4v) is 2.69. The summed E-state index contributed by atoms with van der Waals surface area (Å²) < 4.78 is 14.0. The predicted octanol–water partition coefficient (Wildman–Crippen LogP) is 3.30. The summed E-state index contributed by atoms with van der Waals surface area (Å²) in [6.45, 7) is 1.79. The zero-order valence-electron chi connectivity index (χ0n) is 12.0. The summed E-state index contributed by atoms with van der Waals surface area (Å²) >= 11 is 0. The minimum atomic E-state index is -0.495. The van der Waals surface area contributed by atoms with Crippen molar-refractivity contribution in [2.75, 3.05) is 0 Å². The highest BCUT2D eigenvalue weighted by atomic mass is 19.1. The van der Waals surface area contributed by atoms with Crippen LogP contribution in [-0.2, 0) is 0 Å². The molecule has 0 aliphatic heterocycles. The Labute approximate surface area is 119 Å². The molecule has 1 aromatic rings. The molecule has 1 unspecified atom stereocenters. The molecule has 1 aromatic carbocycles. The third-order valence-electron chi connectivity index (χ3n) is 3.95. The average molecular weight is 278 g/mol. The van der Waals surface area contributed by atoms with Gasteiger partial charge in [-0.25, -0.2) is 4.39 Å². The van der Waals surface area contributed by atoms with Crippen LogP contribution in [0.15, 0.2) is 18.2 Å². The molecule has 1 saturated carbocycles. The lowest BCUT2D eigenvalue weighted by atomic mass is 10.0. The Hall–Kier alpha value is -1.42. The molecule has 0 heterocycles. The van der Waals surface area contributed by atoms with Gasteiger partial charge in [-0.05, 0) is 37.5 Å². The Morgan fingerprint density at radius 1 is 1.30 bits per heavy atom. The summed E-state index contributed by atoms with van der Waals surface area (Å²) in [6, 6.07) is 4.55. The molecular weight excluding hydrogens is 255 g/mol. The maximum Gasteiger partial charge on any atom is 0.254 e. The molecule has 1 aliphatic carbocycles. The van der Waals surface area contributed by atoms with E-state index in [2.05, 4.69) is 5.32 Å². The zero-order valence-corrected chi connectivity index (χ0v) is 12.0. The van der Waals surface area contributed by atoms with Crippen LogP contribution >= 0.6 is 0 Å². The second-order valence-electron chi connectivity index (χ2n) is 5.69. The van der Waals surface area contributed by atoms with Crippen LogP contribution in [0.1, 0.15) is 67.4 Å². The molecule has 0 bridgehead atoms. The van der Waals surface area contributed by atoms with E-state index in [-0.39, 0.29) is 23.6 Å². The summed E-state index contributed by atoms with van der Waals surface area (Å²) in [7, 11) is 0. The summed E-state index contributed by atoms with van der Waals surface area (Å²) in [6.07, 6.45) is 6.71. The number of rotatable bonds is 3. The molecule has 1 fully saturated rings. The first-order valence-electron chi connectivity index (χ1n) is 7.44. The van der Waals surface area contributed by atoms with Crippen LogP contribution in [-0.4, -0.2) is 11.9 Å². The van der Waals surface area contributed by atoms with Gasteiger partial charge in [0.15, 0.2) is 0 Å². The highest BCUT2D eigenvalue weighted by Gasteiger charge is 2.18. The quantitative estimate of drug-likeness (QED) is 0.833. The Bertz CT molecular complexity index is 466. The van der Waals surface area contributed by atoms with Crippen molar-refractivity contribution in [1.29, 1.82) is 0 Å². The first-order chi connectivity index (χ1) is 9.58. The van der Waals surface area contributed by atoms with Crippen molar-refractivity contribution in [1.82, 2.24) is 5.32 Å². The smallest absolute Gasteiger partial charge is 0.254 e. The number of carbonyl (C=O) groups is 1. The molecule has 4 heteroatoms. The van der Waals surface area contributed by atoms with Crippen LogP contribution in [0.25, 0.3) is 0 Å². The number of halogens is 1. The van der Waals surface area contributed by atoms with E-state index in [4.69, 9.17) is 5.73 Å². The maximum atomic E-state index is 14.0. The van der Waals surface area contributed by atoms with Gasteiger partial charge >= 0.3 is 0 Å². The van der Waals surface area contributed by atoms with Crippen LogP contribution in [0.5, 0.6) is 0 Å². The minimum Gasteiger partial charge on any atom is -0.349 e. The van der Waals surface area contributed by atoms with Gasteiger partial charge in [-0.1, -0.05) is 31.7 Å². The molecule has 110 valence electrons. The Morgan fingerprint density at radius 2 is 1.95 bits per heavy atom. The highest BCUT2D eigenvalue weighted by Crippen LogP contribution is 2.19. The van der Waals surface area contributed by atoms with Gasteiger partial charge in [-0.15, -0.1) is 0 Å². The molecule has 3 nitrogen and oxygen atoms in total. The van der Waals surface area contributed by atoms with Gasteiger partial charge in [-0.2, -0.15) is 0 Å². The topological polar surface area (TPSA) is 55.1 Å². The number of nitrogens with two attached hydrogens (primary N) is 1. The molecule has 3 N–H and O–H groups in total. The van der Waals surface area contributed by atoms with E-state index in [0.29, 0.717) is 5.56 Å². The number of hydrogen-bond donors (Lipinski definition) is 2. The molecular formula is C16H23FN2O. The Morgan fingerprint density at radius 3 is 2.50 bits per heavy atom. The summed E-state index contributed by atoms with van der Waals surface area (Å²) in [5.74, 6) is -0.809. The lowest BCUT2D eigenvalue weighted by molar-refractivity contribution is 0.0929. The van der Waals surface area contributed by atoms with Gasteiger partial charge in [0, 0.05) is 12.1 Å². The van der Waals surface area contributed by atoms with Crippen molar-refractivity contribution >= 4 is 5.91 Å². The van der Waals surface area contributed by atoms with Gasteiger partial charge in [0.25, 0.3) is 5.91 Å². The standard InChI is InChI=1S/C16H23FN2O/c1-11(18)12-8-9-14(15(17)10-12)16(20)19-13-6-4-2-3-5-7-13/h8-11,13H,2-7,18H2,1H3,(H,19,20). The number of amides is 1. The van der Waals surface area contributed by atoms with E-state index < -0.39 is 5.82 Å². The fourth-order valence-electron chi connectivity index (χ4n) is 2.69. The summed E-state index contributed by atoms with van der Waals surface area (Å²) in [5, 5.41) is 2.95. The van der Waals surface area contributed by atoms with E-state index in [1.54, 1.807) is 13.0 Å². The normalized spacial score (nSPS) is 18.4. The van der Waals surface area contributed by atoms with Crippen LogP contribution in [0.3, 0.4) is 0 Å². The molecule has 0 spiro atoms. The van der Waals surface area contributed by atoms with Crippen molar-refractivity contribution in [3.63, 3.8) is 0 Å². The number of carbonyl (C=O) groups excluding carboxylic acids is 1. The van der Waals surface area contributed by atoms with E-state index >= 15 is 0 Å². The molecule has 0 aromatic heterocycles. The molecule has 1 atom stereocenters. The fraction of sp³-hybridized carbons (Fsp3) is 0.562. The van der Waals surface area contributed by atoms with Gasteiger partial charge in [0.2, 0.25) is 0 Å². The van der Waals surface area contributed by atoms with Crippen molar-refractivity contribution < 1.29 is 9.18 Å². The summed E-state index contributed by atoms with van der Waals surface area (Å²) in [5.41, 5.74) is 6.52. The van der Waals surface area contributed by atoms with Gasteiger partial charge in [0.05, 0.1) is 5.56 Å². The maximum absolute atomic E-state index is 14.0. The first kappa shape index (κ1) is 15.0. The van der Waals surface area contributed by atoms with E-state index in [1.807, 2.05) is 0 Å². The lowest BCUT2D eigenvalue weighted by Gasteiger charge is -2.17. The van der Waals surface area contributed by atoms with E-state index in [9.17, 15) is 9.18 Å². The van der Waals surface area contributed by atoms with E-state index in [0.717, 1.165) is 25.7 Å². The zero-order chi connectivity index (χ0) is 14.5. The predicted molar refractivity (Wildman–Crippen MR) is 78.0 cm³/mol. The Balaban J connectivity index is 2.04. The largest absolute Gasteiger partial charge is 0.349 e. The van der Waals surface area contributed by atoms with Crippen LogP contribution in [0.4, 0.5) is 4.39 Å². The molecule has 0 saturated heterocycles. The van der Waals surface area contributed by atoms with Gasteiger partial charge in [-0.3, -0.25) is 4.79 Å². The van der Waals surface area contributed by atoms with Gasteiger partial charge in [0.1, 0.15) is 5.82 Å². The highest BCUT2D eigenvalue weighted by molar-refractivity contribution is 5.94. The minimum absolute atomic E-state index is 0.110. The van der Waals surface area contributed by atoms with Crippen molar-refractivity contribution in [2.45, 2.75) is 57.5 Å². The SMILES string of the molecule is CC(N)c1ccc(C(=O)NC2CCCCCC2)c(F)c1. The molecule has 1 amide bonds. The number of benzene rings is 1. The second-order valence-corrected chi connectivity index (χ2v) is 5.69. The molecule has 0 radical (unpaired) electrons. The molecule has 2 rings (SSSR count). The Kier molecular flexibility index (Phi) is 5.12. The van der Waals surface area contributed by atoms with Crippen LogP contribution < -0.4 is 11.1 Å². The lowest BCUT2D eigenvalue weighted by Crippen LogP contribution is -2.34. The molecule has 1 aliphatic rings. The third-order valence-corrected chi connectivity index (χ3v) is 3.95. The monoisotopic (exact) mass is 278 g/mol. The van der Waals surface area contributed by atoms with Crippen molar-refractivity contribution in [3.05, 3.63) is 35.1 Å². The van der Waals surface area contributed by atoms with Crippen LogP contribution in [0, 0.1) is 5.82 Å². The van der Waals surface area contributed by atoms with Crippen LogP contribution in [0.2, 0.25) is 0 Å². The van der Waals surface area contributed by atoms with Crippen molar-refractivity contribution in [2.24, 2.45) is 5.73 Å². The second kappa shape index (κ2) is 6.84. The average Bonchev–Trinajstić information content (AvgIpc) is 2.67. The number of nitrogens with one attached hydrogen (secondary N) is 1. The third kappa shape index (κ3) is 3.79. The number of hydrogen-bond acceptors (Lipinski definition) is 2.